The number of carbonyl (C=O) groups excluding carboxylic acids is 2. The van der Waals surface area contributed by atoms with Gasteiger partial charge in [0.15, 0.2) is 0 Å². The smallest absolute Gasteiger partial charge is 0.305 e. The van der Waals surface area contributed by atoms with E-state index in [0.717, 1.165) is 25.7 Å². The van der Waals surface area contributed by atoms with E-state index in [1.54, 1.807) is 0 Å². The molecular formula is C19H38N2O4. The summed E-state index contributed by atoms with van der Waals surface area (Å²) >= 11 is 0. The number of esters is 2. The number of nitrogens with two attached hydrogens (primary N) is 2. The Kier molecular flexibility index (Phi) is 18.3. The summed E-state index contributed by atoms with van der Waals surface area (Å²) in [6, 6.07) is 0. The summed E-state index contributed by atoms with van der Waals surface area (Å²) in [5.74, 6) is -0.254. The van der Waals surface area contributed by atoms with Crippen molar-refractivity contribution in [3.8, 4) is 0 Å². The van der Waals surface area contributed by atoms with Crippen molar-refractivity contribution in [2.24, 2.45) is 11.5 Å². The number of rotatable bonds is 18. The fourth-order valence-corrected chi connectivity index (χ4v) is 2.62. The molecule has 0 aliphatic carbocycles. The van der Waals surface area contributed by atoms with Gasteiger partial charge in [0.1, 0.15) is 13.2 Å². The topological polar surface area (TPSA) is 105 Å². The molecule has 0 aromatic heterocycles. The molecule has 0 saturated carbocycles. The summed E-state index contributed by atoms with van der Waals surface area (Å²) in [5.41, 5.74) is 10.5. The molecule has 0 spiro atoms. The van der Waals surface area contributed by atoms with Gasteiger partial charge in [0.05, 0.1) is 0 Å². The van der Waals surface area contributed by atoms with Crippen LogP contribution < -0.4 is 11.5 Å². The highest BCUT2D eigenvalue weighted by Crippen LogP contribution is 2.12. The van der Waals surface area contributed by atoms with Crippen LogP contribution in [0.4, 0.5) is 0 Å². The lowest BCUT2D eigenvalue weighted by molar-refractivity contribution is -0.144. The molecule has 0 unspecified atom stereocenters. The van der Waals surface area contributed by atoms with Gasteiger partial charge in [-0.2, -0.15) is 0 Å². The van der Waals surface area contributed by atoms with Gasteiger partial charge in [0.25, 0.3) is 0 Å². The van der Waals surface area contributed by atoms with E-state index in [4.69, 9.17) is 20.9 Å². The van der Waals surface area contributed by atoms with Gasteiger partial charge in [-0.05, 0) is 12.8 Å². The predicted molar refractivity (Wildman–Crippen MR) is 100 cm³/mol. The summed E-state index contributed by atoms with van der Waals surface area (Å²) in [6.07, 6.45) is 13.7. The van der Waals surface area contributed by atoms with Crippen LogP contribution in [-0.2, 0) is 19.1 Å². The van der Waals surface area contributed by atoms with E-state index >= 15 is 0 Å². The van der Waals surface area contributed by atoms with Crippen LogP contribution >= 0.6 is 0 Å². The SMILES string of the molecule is NCCOC(=O)CCCCCCCCCCCCCC(=O)OCCN. The summed E-state index contributed by atoms with van der Waals surface area (Å²) < 4.78 is 9.85. The Bertz CT molecular complexity index is 295. The van der Waals surface area contributed by atoms with E-state index in [1.165, 1.54) is 44.9 Å². The largest absolute Gasteiger partial charge is 0.464 e. The fourth-order valence-electron chi connectivity index (χ4n) is 2.62. The predicted octanol–water partition coefficient (Wildman–Crippen LogP) is 3.06. The number of unbranched alkanes of at least 4 members (excludes halogenated alkanes) is 10. The molecule has 6 heteroatoms. The molecule has 0 radical (unpaired) electrons. The lowest BCUT2D eigenvalue weighted by Crippen LogP contribution is -2.13. The Morgan fingerprint density at radius 1 is 0.520 bits per heavy atom. The van der Waals surface area contributed by atoms with Crippen LogP contribution in [0.5, 0.6) is 0 Å². The van der Waals surface area contributed by atoms with E-state index in [-0.39, 0.29) is 11.9 Å². The maximum atomic E-state index is 11.3. The zero-order valence-electron chi connectivity index (χ0n) is 15.8. The van der Waals surface area contributed by atoms with Crippen molar-refractivity contribution >= 4 is 11.9 Å². The molecule has 148 valence electrons. The quantitative estimate of drug-likeness (QED) is 0.288. The minimum atomic E-state index is -0.127. The highest BCUT2D eigenvalue weighted by molar-refractivity contribution is 5.69. The zero-order valence-corrected chi connectivity index (χ0v) is 15.8. The summed E-state index contributed by atoms with van der Waals surface area (Å²) in [7, 11) is 0. The second-order valence-electron chi connectivity index (χ2n) is 6.41. The summed E-state index contributed by atoms with van der Waals surface area (Å²) in [4.78, 5) is 22.5. The Balaban J connectivity index is 3.14. The molecule has 0 rings (SSSR count). The molecule has 0 bridgehead atoms. The molecule has 0 aliphatic heterocycles. The second-order valence-corrected chi connectivity index (χ2v) is 6.41. The van der Waals surface area contributed by atoms with Gasteiger partial charge in [-0.3, -0.25) is 9.59 Å². The van der Waals surface area contributed by atoms with Gasteiger partial charge >= 0.3 is 11.9 Å². The number of hydrogen-bond donors (Lipinski definition) is 2. The second kappa shape index (κ2) is 19.2. The average Bonchev–Trinajstić information content (AvgIpc) is 2.61. The number of hydrogen-bond acceptors (Lipinski definition) is 6. The third-order valence-corrected chi connectivity index (χ3v) is 4.02. The van der Waals surface area contributed by atoms with E-state index in [9.17, 15) is 9.59 Å². The van der Waals surface area contributed by atoms with E-state index < -0.39 is 0 Å². The minimum Gasteiger partial charge on any atom is -0.464 e. The minimum absolute atomic E-state index is 0.127. The standard InChI is InChI=1S/C19H38N2O4/c20-14-16-24-18(22)12-10-8-6-4-2-1-3-5-7-9-11-13-19(23)25-17-15-21/h1-17,20-21H2. The van der Waals surface area contributed by atoms with Gasteiger partial charge in [0.2, 0.25) is 0 Å². The van der Waals surface area contributed by atoms with Crippen molar-refractivity contribution in [3.63, 3.8) is 0 Å². The van der Waals surface area contributed by atoms with Gasteiger partial charge in [-0.25, -0.2) is 0 Å². The van der Waals surface area contributed by atoms with Crippen LogP contribution in [0.2, 0.25) is 0 Å². The van der Waals surface area contributed by atoms with Gasteiger partial charge in [0, 0.05) is 25.9 Å². The third-order valence-electron chi connectivity index (χ3n) is 4.02. The van der Waals surface area contributed by atoms with Crippen LogP contribution in [0.15, 0.2) is 0 Å². The molecule has 0 amide bonds. The summed E-state index contributed by atoms with van der Waals surface area (Å²) in [6.45, 7) is 1.45. The van der Waals surface area contributed by atoms with Crippen molar-refractivity contribution in [1.82, 2.24) is 0 Å². The van der Waals surface area contributed by atoms with E-state index in [2.05, 4.69) is 0 Å². The Morgan fingerprint density at radius 3 is 1.08 bits per heavy atom. The van der Waals surface area contributed by atoms with Crippen molar-refractivity contribution in [2.45, 2.75) is 83.5 Å². The molecule has 0 heterocycles. The normalized spacial score (nSPS) is 10.6. The van der Waals surface area contributed by atoms with Gasteiger partial charge in [-0.1, -0.05) is 57.8 Å². The molecular weight excluding hydrogens is 320 g/mol. The molecule has 4 N–H and O–H groups in total. The van der Waals surface area contributed by atoms with Crippen LogP contribution in [0, 0.1) is 0 Å². The zero-order chi connectivity index (χ0) is 18.6. The molecule has 25 heavy (non-hydrogen) atoms. The summed E-state index contributed by atoms with van der Waals surface area (Å²) in [5, 5.41) is 0. The van der Waals surface area contributed by atoms with Crippen molar-refractivity contribution in [1.29, 1.82) is 0 Å². The highest BCUT2D eigenvalue weighted by Gasteiger charge is 2.02. The molecule has 6 nitrogen and oxygen atoms in total. The van der Waals surface area contributed by atoms with Crippen LogP contribution in [0.3, 0.4) is 0 Å². The first-order chi connectivity index (χ1) is 12.2. The first-order valence-electron chi connectivity index (χ1n) is 9.92. The van der Waals surface area contributed by atoms with E-state index in [1.807, 2.05) is 0 Å². The van der Waals surface area contributed by atoms with Gasteiger partial charge < -0.3 is 20.9 Å². The molecule has 0 atom stereocenters. The Labute approximate surface area is 153 Å². The molecule has 0 aromatic carbocycles. The monoisotopic (exact) mass is 358 g/mol. The number of carbonyl (C=O) groups is 2. The van der Waals surface area contributed by atoms with Gasteiger partial charge in [-0.15, -0.1) is 0 Å². The van der Waals surface area contributed by atoms with Crippen molar-refractivity contribution < 1.29 is 19.1 Å². The third kappa shape index (κ3) is 19.0. The number of ether oxygens (including phenoxy) is 2. The molecule has 0 aromatic rings. The highest BCUT2D eigenvalue weighted by atomic mass is 16.5. The van der Waals surface area contributed by atoms with Crippen LogP contribution in [0.25, 0.3) is 0 Å². The average molecular weight is 359 g/mol. The van der Waals surface area contributed by atoms with Crippen LogP contribution in [0.1, 0.15) is 83.5 Å². The Hall–Kier alpha value is -1.14. The van der Waals surface area contributed by atoms with Crippen molar-refractivity contribution in [3.05, 3.63) is 0 Å². The lowest BCUT2D eigenvalue weighted by Gasteiger charge is -2.04. The maximum Gasteiger partial charge on any atom is 0.305 e. The maximum absolute atomic E-state index is 11.3. The Morgan fingerprint density at radius 2 is 0.800 bits per heavy atom. The fraction of sp³-hybridized carbons (Fsp3) is 0.895. The van der Waals surface area contributed by atoms with Crippen molar-refractivity contribution in [2.75, 3.05) is 26.3 Å². The first kappa shape index (κ1) is 23.9. The van der Waals surface area contributed by atoms with E-state index in [0.29, 0.717) is 39.1 Å². The van der Waals surface area contributed by atoms with Crippen LogP contribution in [-0.4, -0.2) is 38.2 Å². The first-order valence-corrected chi connectivity index (χ1v) is 9.92. The lowest BCUT2D eigenvalue weighted by atomic mass is 10.0. The molecule has 0 aliphatic rings. The molecule has 0 saturated heterocycles. The molecule has 0 fully saturated rings.